The molecule has 0 aliphatic rings. The van der Waals surface area contributed by atoms with E-state index in [2.05, 4.69) is 8.49 Å². The van der Waals surface area contributed by atoms with Crippen LogP contribution in [-0.2, 0) is 23.2 Å². The van der Waals surface area contributed by atoms with Crippen LogP contribution in [0.5, 0.6) is 0 Å². The van der Waals surface area contributed by atoms with Gasteiger partial charge >= 0.3 is 10.1 Å². The summed E-state index contributed by atoms with van der Waals surface area (Å²) in [5.74, 6) is -0.0971. The second-order valence-electron chi connectivity index (χ2n) is 3.31. The Morgan fingerprint density at radius 1 is 1.33 bits per heavy atom. The summed E-state index contributed by atoms with van der Waals surface area (Å²) < 4.78 is 42.7. The normalized spacial score (nSPS) is 15.3. The lowest BCUT2D eigenvalue weighted by molar-refractivity contribution is -0.215. The largest absolute Gasteiger partial charge is 0.755 e. The smallest absolute Gasteiger partial charge is 0.303 e. The maximum absolute atomic E-state index is 11.6. The Hall–Kier alpha value is -0.430. The minimum atomic E-state index is -4.93. The zero-order chi connectivity index (χ0) is 13.8. The highest BCUT2D eigenvalue weighted by Crippen LogP contribution is 2.41. The zero-order valence-electron chi connectivity index (χ0n) is 9.41. The zero-order valence-corrected chi connectivity index (χ0v) is 11.9. The number of halogens is 1. The summed E-state index contributed by atoms with van der Waals surface area (Å²) in [5, 5.41) is 0. The SMILES string of the molecule is Cc1ccc(S(=O)(=O)OP(=O)([O-])OCCCl)cc1. The van der Waals surface area contributed by atoms with Crippen LogP contribution in [0.25, 0.3) is 0 Å². The van der Waals surface area contributed by atoms with Gasteiger partial charge in [-0.15, -0.1) is 11.6 Å². The Kier molecular flexibility index (Phi) is 5.33. The Bertz CT molecular complexity index is 541. The number of hydrogen-bond donors (Lipinski definition) is 0. The Labute approximate surface area is 110 Å². The third-order valence-corrected chi connectivity index (χ3v) is 4.84. The van der Waals surface area contributed by atoms with Crippen LogP contribution in [0.1, 0.15) is 5.56 Å². The van der Waals surface area contributed by atoms with Crippen LogP contribution in [-0.4, -0.2) is 20.9 Å². The van der Waals surface area contributed by atoms with Crippen molar-refractivity contribution in [1.29, 1.82) is 0 Å². The lowest BCUT2D eigenvalue weighted by Crippen LogP contribution is -2.14. The fourth-order valence-corrected chi connectivity index (χ4v) is 3.48. The molecule has 102 valence electrons. The van der Waals surface area contributed by atoms with Crippen LogP contribution in [0.2, 0.25) is 0 Å². The lowest BCUT2D eigenvalue weighted by atomic mass is 10.2. The highest BCUT2D eigenvalue weighted by Gasteiger charge is 2.23. The minimum Gasteiger partial charge on any atom is -0.755 e. The fourth-order valence-electron chi connectivity index (χ4n) is 1.04. The van der Waals surface area contributed by atoms with Gasteiger partial charge in [-0.3, -0.25) is 4.57 Å². The number of rotatable bonds is 6. The van der Waals surface area contributed by atoms with E-state index in [1.165, 1.54) is 24.3 Å². The van der Waals surface area contributed by atoms with Gasteiger partial charge in [0.25, 0.3) is 7.82 Å². The van der Waals surface area contributed by atoms with Crippen molar-refractivity contribution in [3.8, 4) is 0 Å². The number of hydrogen-bond acceptors (Lipinski definition) is 6. The molecule has 6 nitrogen and oxygen atoms in total. The highest BCUT2D eigenvalue weighted by atomic mass is 35.5. The molecule has 0 aliphatic heterocycles. The molecule has 0 saturated carbocycles. The number of phosphoric ester groups is 1. The summed E-state index contributed by atoms with van der Waals surface area (Å²) in [6.45, 7) is 1.41. The van der Waals surface area contributed by atoms with Crippen molar-refractivity contribution in [2.45, 2.75) is 11.8 Å². The molecule has 0 aliphatic carbocycles. The van der Waals surface area contributed by atoms with Crippen LogP contribution in [0.4, 0.5) is 0 Å². The summed E-state index contributed by atoms with van der Waals surface area (Å²) in [4.78, 5) is 10.9. The Balaban J connectivity index is 2.88. The van der Waals surface area contributed by atoms with E-state index in [0.29, 0.717) is 0 Å². The average Bonchev–Trinajstić information content (AvgIpc) is 2.25. The molecule has 0 spiro atoms. The van der Waals surface area contributed by atoms with Gasteiger partial charge < -0.3 is 9.42 Å². The number of aryl methyl sites for hydroxylation is 1. The molecule has 0 heterocycles. The van der Waals surface area contributed by atoms with Gasteiger partial charge in [0.1, 0.15) is 0 Å². The van der Waals surface area contributed by atoms with Gasteiger partial charge in [0.2, 0.25) is 0 Å². The third-order valence-electron chi connectivity index (χ3n) is 1.83. The molecule has 1 rings (SSSR count). The van der Waals surface area contributed by atoms with Crippen molar-refractivity contribution in [2.24, 2.45) is 0 Å². The minimum absolute atomic E-state index is 0.0971. The van der Waals surface area contributed by atoms with Crippen LogP contribution in [0, 0.1) is 6.92 Å². The summed E-state index contributed by atoms with van der Waals surface area (Å²) >= 11 is 5.22. The van der Waals surface area contributed by atoms with Gasteiger partial charge in [-0.25, -0.2) is 0 Å². The second kappa shape index (κ2) is 6.14. The molecule has 1 aromatic rings. The number of phosphoric acid groups is 1. The van der Waals surface area contributed by atoms with Crippen molar-refractivity contribution in [2.75, 3.05) is 12.5 Å². The monoisotopic (exact) mass is 313 g/mol. The van der Waals surface area contributed by atoms with E-state index in [1.807, 2.05) is 0 Å². The first-order chi connectivity index (χ1) is 8.27. The van der Waals surface area contributed by atoms with Gasteiger partial charge in [0.05, 0.1) is 11.5 Å². The second-order valence-corrected chi connectivity index (χ2v) is 6.82. The highest BCUT2D eigenvalue weighted by molar-refractivity contribution is 7.90. The first-order valence-electron chi connectivity index (χ1n) is 4.81. The lowest BCUT2D eigenvalue weighted by Gasteiger charge is -2.21. The first-order valence-corrected chi connectivity index (χ1v) is 8.22. The quantitative estimate of drug-likeness (QED) is 0.582. The summed E-state index contributed by atoms with van der Waals surface area (Å²) in [6, 6.07) is 5.52. The topological polar surface area (TPSA) is 92.7 Å². The molecule has 0 bridgehead atoms. The van der Waals surface area contributed by atoms with Gasteiger partial charge in [-0.2, -0.15) is 12.4 Å². The van der Waals surface area contributed by atoms with Gasteiger partial charge in [-0.1, -0.05) is 17.7 Å². The van der Waals surface area contributed by atoms with E-state index < -0.39 is 17.9 Å². The van der Waals surface area contributed by atoms with Gasteiger partial charge in [0.15, 0.2) is 0 Å². The molecule has 1 atom stereocenters. The molecule has 1 unspecified atom stereocenters. The molecule has 9 heteroatoms. The first kappa shape index (κ1) is 15.6. The van der Waals surface area contributed by atoms with Crippen LogP contribution in [0.3, 0.4) is 0 Å². The summed E-state index contributed by atoms with van der Waals surface area (Å²) in [7, 11) is -9.34. The molecule has 0 aromatic heterocycles. The third kappa shape index (κ3) is 4.68. The Morgan fingerprint density at radius 2 is 1.89 bits per heavy atom. The van der Waals surface area contributed by atoms with Crippen molar-refractivity contribution in [1.82, 2.24) is 0 Å². The molecule has 1 aromatic carbocycles. The summed E-state index contributed by atoms with van der Waals surface area (Å²) in [6.07, 6.45) is 0. The maximum Gasteiger partial charge on any atom is 0.303 e. The van der Waals surface area contributed by atoms with E-state index in [-0.39, 0.29) is 17.4 Å². The van der Waals surface area contributed by atoms with Gasteiger partial charge in [-0.05, 0) is 19.1 Å². The predicted octanol–water partition coefficient (Wildman–Crippen LogP) is 1.42. The molecule has 0 N–H and O–H groups in total. The van der Waals surface area contributed by atoms with Crippen molar-refractivity contribution in [3.05, 3.63) is 29.8 Å². The van der Waals surface area contributed by atoms with Crippen LogP contribution >= 0.6 is 19.4 Å². The molecular weight excluding hydrogens is 303 g/mol. The number of benzene rings is 1. The van der Waals surface area contributed by atoms with Crippen molar-refractivity contribution in [3.63, 3.8) is 0 Å². The van der Waals surface area contributed by atoms with Crippen LogP contribution < -0.4 is 4.89 Å². The molecule has 18 heavy (non-hydrogen) atoms. The molecule has 0 amide bonds. The molecule has 0 saturated heterocycles. The summed E-state index contributed by atoms with van der Waals surface area (Å²) in [5.41, 5.74) is 0.831. The van der Waals surface area contributed by atoms with Crippen molar-refractivity contribution < 1.29 is 26.4 Å². The molecule has 0 fully saturated rings. The molecule has 0 radical (unpaired) electrons. The van der Waals surface area contributed by atoms with Crippen molar-refractivity contribution >= 4 is 29.5 Å². The molecular formula is C9H11ClO6PS-. The van der Waals surface area contributed by atoms with E-state index in [1.54, 1.807) is 6.92 Å². The fraction of sp³-hybridized carbons (Fsp3) is 0.333. The Morgan fingerprint density at radius 3 is 2.39 bits per heavy atom. The van der Waals surface area contributed by atoms with Gasteiger partial charge in [0, 0.05) is 5.88 Å². The maximum atomic E-state index is 11.6. The predicted molar refractivity (Wildman–Crippen MR) is 63.7 cm³/mol. The number of alkyl halides is 1. The standard InChI is InChI=1S/C9H12ClO6PS/c1-8-2-4-9(5-3-8)18(13,14)16-17(11,12)15-7-6-10/h2-5H,6-7H2,1H3,(H,11,12)/p-1. The van der Waals surface area contributed by atoms with E-state index in [9.17, 15) is 17.9 Å². The average molecular weight is 314 g/mol. The van der Waals surface area contributed by atoms with E-state index in [4.69, 9.17) is 11.6 Å². The van der Waals surface area contributed by atoms with E-state index >= 15 is 0 Å². The van der Waals surface area contributed by atoms with Crippen LogP contribution in [0.15, 0.2) is 29.2 Å². The van der Waals surface area contributed by atoms with E-state index in [0.717, 1.165) is 5.56 Å².